The van der Waals surface area contributed by atoms with Crippen molar-refractivity contribution < 1.29 is 14.0 Å². The van der Waals surface area contributed by atoms with Gasteiger partial charge in [0.25, 0.3) is 0 Å². The molecule has 1 N–H and O–H groups in total. The second kappa shape index (κ2) is 6.50. The van der Waals surface area contributed by atoms with Gasteiger partial charge in [-0.15, -0.1) is 0 Å². The maximum Gasteiger partial charge on any atom is 0.227 e. The Morgan fingerprint density at radius 3 is 2.70 bits per heavy atom. The molecule has 108 valence electrons. The molecule has 0 aromatic heterocycles. The molecule has 1 saturated heterocycles. The largest absolute Gasteiger partial charge is 0.359 e. The van der Waals surface area contributed by atoms with Crippen molar-refractivity contribution in [3.05, 3.63) is 35.6 Å². The van der Waals surface area contributed by atoms with Crippen molar-refractivity contribution in [1.29, 1.82) is 0 Å². The molecule has 0 aliphatic carbocycles. The second-order valence-electron chi connectivity index (χ2n) is 5.10. The fraction of sp³-hybridized carbons (Fsp3) is 0.467. The Morgan fingerprint density at radius 2 is 2.05 bits per heavy atom. The van der Waals surface area contributed by atoms with Crippen molar-refractivity contribution in [3.63, 3.8) is 0 Å². The van der Waals surface area contributed by atoms with E-state index in [-0.39, 0.29) is 30.0 Å². The van der Waals surface area contributed by atoms with Crippen LogP contribution in [0.2, 0.25) is 0 Å². The number of carbonyl (C=O) groups excluding carboxylic acids is 2. The Kier molecular flexibility index (Phi) is 4.71. The number of halogens is 1. The number of carbonyl (C=O) groups is 2. The number of benzene rings is 1. The number of hydrogen-bond acceptors (Lipinski definition) is 2. The van der Waals surface area contributed by atoms with Gasteiger partial charge in [0, 0.05) is 20.1 Å². The van der Waals surface area contributed by atoms with Crippen LogP contribution in [0.3, 0.4) is 0 Å². The Hall–Kier alpha value is -1.91. The lowest BCUT2D eigenvalue weighted by atomic mass is 9.96. The van der Waals surface area contributed by atoms with Crippen molar-refractivity contribution in [2.24, 2.45) is 5.92 Å². The minimum absolute atomic E-state index is 0.00906. The van der Waals surface area contributed by atoms with Gasteiger partial charge < -0.3 is 10.2 Å². The third-order valence-corrected chi connectivity index (χ3v) is 3.66. The summed E-state index contributed by atoms with van der Waals surface area (Å²) in [5.74, 6) is -0.445. The zero-order valence-corrected chi connectivity index (χ0v) is 11.6. The third kappa shape index (κ3) is 3.56. The molecule has 2 amide bonds. The van der Waals surface area contributed by atoms with Crippen molar-refractivity contribution in [2.45, 2.75) is 19.3 Å². The minimum Gasteiger partial charge on any atom is -0.359 e. The summed E-state index contributed by atoms with van der Waals surface area (Å²) in [6.45, 7) is 1.16. The topological polar surface area (TPSA) is 49.4 Å². The van der Waals surface area contributed by atoms with E-state index >= 15 is 0 Å². The molecule has 0 saturated carbocycles. The van der Waals surface area contributed by atoms with E-state index in [1.165, 1.54) is 12.1 Å². The van der Waals surface area contributed by atoms with Gasteiger partial charge in [0.05, 0.1) is 12.3 Å². The quantitative estimate of drug-likeness (QED) is 0.907. The van der Waals surface area contributed by atoms with E-state index in [0.717, 1.165) is 18.4 Å². The standard InChI is InChI=1S/C15H19FN2O2/c1-17-15(20)12-3-2-8-18(10-12)14(19)9-11-4-6-13(16)7-5-11/h4-7,12H,2-3,8-10H2,1H3,(H,17,20)/t12-/m1/s1. The van der Waals surface area contributed by atoms with Crippen LogP contribution in [-0.2, 0) is 16.0 Å². The van der Waals surface area contributed by atoms with E-state index < -0.39 is 0 Å². The summed E-state index contributed by atoms with van der Waals surface area (Å²) in [7, 11) is 1.61. The van der Waals surface area contributed by atoms with Gasteiger partial charge in [-0.3, -0.25) is 9.59 Å². The molecule has 1 aromatic rings. The van der Waals surface area contributed by atoms with Crippen LogP contribution in [0.1, 0.15) is 18.4 Å². The molecule has 1 fully saturated rings. The van der Waals surface area contributed by atoms with E-state index in [1.54, 1.807) is 24.1 Å². The predicted octanol–water partition coefficient (Wildman–Crippen LogP) is 1.35. The first-order valence-corrected chi connectivity index (χ1v) is 6.84. The van der Waals surface area contributed by atoms with E-state index in [0.29, 0.717) is 13.1 Å². The molecular weight excluding hydrogens is 259 g/mol. The summed E-state index contributed by atoms with van der Waals surface area (Å²) in [5, 5.41) is 2.63. The molecular formula is C15H19FN2O2. The van der Waals surface area contributed by atoms with Crippen LogP contribution in [0.25, 0.3) is 0 Å². The first-order chi connectivity index (χ1) is 9.60. The highest BCUT2D eigenvalue weighted by Crippen LogP contribution is 2.17. The van der Waals surface area contributed by atoms with Crippen LogP contribution >= 0.6 is 0 Å². The van der Waals surface area contributed by atoms with Gasteiger partial charge in [-0.25, -0.2) is 4.39 Å². The number of nitrogens with zero attached hydrogens (tertiary/aromatic N) is 1. The maximum atomic E-state index is 12.8. The summed E-state index contributed by atoms with van der Waals surface area (Å²) in [4.78, 5) is 25.6. The van der Waals surface area contributed by atoms with E-state index in [1.807, 2.05) is 0 Å². The van der Waals surface area contributed by atoms with Gasteiger partial charge >= 0.3 is 0 Å². The summed E-state index contributed by atoms with van der Waals surface area (Å²) in [5.41, 5.74) is 0.790. The maximum absolute atomic E-state index is 12.8. The van der Waals surface area contributed by atoms with E-state index in [9.17, 15) is 14.0 Å². The Morgan fingerprint density at radius 1 is 1.35 bits per heavy atom. The third-order valence-electron chi connectivity index (χ3n) is 3.66. The van der Waals surface area contributed by atoms with Gasteiger partial charge in [-0.05, 0) is 30.5 Å². The molecule has 0 bridgehead atoms. The van der Waals surface area contributed by atoms with Crippen LogP contribution in [-0.4, -0.2) is 36.9 Å². The SMILES string of the molecule is CNC(=O)[C@@H]1CCCN(C(=O)Cc2ccc(F)cc2)C1. The van der Waals surface area contributed by atoms with Gasteiger partial charge in [0.2, 0.25) is 11.8 Å². The highest BCUT2D eigenvalue weighted by atomic mass is 19.1. The molecule has 1 aliphatic heterocycles. The fourth-order valence-corrected chi connectivity index (χ4v) is 2.51. The molecule has 1 aliphatic rings. The van der Waals surface area contributed by atoms with E-state index in [4.69, 9.17) is 0 Å². The first kappa shape index (κ1) is 14.5. The zero-order valence-electron chi connectivity index (χ0n) is 11.6. The molecule has 1 heterocycles. The molecule has 20 heavy (non-hydrogen) atoms. The van der Waals surface area contributed by atoms with Crippen molar-refractivity contribution in [1.82, 2.24) is 10.2 Å². The molecule has 1 atom stereocenters. The fourth-order valence-electron chi connectivity index (χ4n) is 2.51. The summed E-state index contributed by atoms with van der Waals surface area (Å²) < 4.78 is 12.8. The lowest BCUT2D eigenvalue weighted by molar-refractivity contribution is -0.135. The molecule has 1 aromatic carbocycles. The highest BCUT2D eigenvalue weighted by Gasteiger charge is 2.27. The van der Waals surface area contributed by atoms with Crippen LogP contribution < -0.4 is 5.32 Å². The lowest BCUT2D eigenvalue weighted by Crippen LogP contribution is -2.45. The predicted molar refractivity (Wildman–Crippen MR) is 73.5 cm³/mol. The normalized spacial score (nSPS) is 18.7. The van der Waals surface area contributed by atoms with Crippen LogP contribution in [0, 0.1) is 11.7 Å². The number of piperidine rings is 1. The van der Waals surface area contributed by atoms with Crippen LogP contribution in [0.4, 0.5) is 4.39 Å². The summed E-state index contributed by atoms with van der Waals surface area (Å²) in [6.07, 6.45) is 1.91. The molecule has 2 rings (SSSR count). The van der Waals surface area contributed by atoms with Gasteiger partial charge in [-0.2, -0.15) is 0 Å². The number of amides is 2. The monoisotopic (exact) mass is 278 g/mol. The minimum atomic E-state index is -0.307. The molecule has 4 nitrogen and oxygen atoms in total. The van der Waals surface area contributed by atoms with E-state index in [2.05, 4.69) is 5.32 Å². The highest BCUT2D eigenvalue weighted by molar-refractivity contribution is 5.82. The smallest absolute Gasteiger partial charge is 0.227 e. The van der Waals surface area contributed by atoms with Gasteiger partial charge in [0.1, 0.15) is 5.82 Å². The average molecular weight is 278 g/mol. The Bertz CT molecular complexity index is 487. The van der Waals surface area contributed by atoms with Gasteiger partial charge in [0.15, 0.2) is 0 Å². The number of nitrogens with one attached hydrogen (secondary N) is 1. The Labute approximate surface area is 118 Å². The van der Waals surface area contributed by atoms with Crippen LogP contribution in [0.5, 0.6) is 0 Å². The first-order valence-electron chi connectivity index (χ1n) is 6.84. The molecule has 0 spiro atoms. The number of hydrogen-bond donors (Lipinski definition) is 1. The molecule has 5 heteroatoms. The van der Waals surface area contributed by atoms with Crippen LogP contribution in [0.15, 0.2) is 24.3 Å². The molecule has 0 unspecified atom stereocenters. The second-order valence-corrected chi connectivity index (χ2v) is 5.10. The van der Waals surface area contributed by atoms with Crippen molar-refractivity contribution >= 4 is 11.8 Å². The molecule has 0 radical (unpaired) electrons. The number of likely N-dealkylation sites (tertiary alicyclic amines) is 1. The summed E-state index contributed by atoms with van der Waals surface area (Å²) in [6, 6.07) is 5.94. The Balaban J connectivity index is 1.95. The zero-order chi connectivity index (χ0) is 14.5. The van der Waals surface area contributed by atoms with Crippen molar-refractivity contribution in [3.8, 4) is 0 Å². The van der Waals surface area contributed by atoms with Crippen molar-refractivity contribution in [2.75, 3.05) is 20.1 Å². The van der Waals surface area contributed by atoms with Gasteiger partial charge in [-0.1, -0.05) is 12.1 Å². The summed E-state index contributed by atoms with van der Waals surface area (Å²) >= 11 is 0. The lowest BCUT2D eigenvalue weighted by Gasteiger charge is -2.32. The number of rotatable bonds is 3. The average Bonchev–Trinajstić information content (AvgIpc) is 2.49.